The molecule has 0 saturated carbocycles. The van der Waals surface area contributed by atoms with E-state index in [4.69, 9.17) is 0 Å². The average molecular weight is 283 g/mol. The Balaban J connectivity index is 1.98. The molecule has 7 heteroatoms. The molecule has 1 unspecified atom stereocenters. The fourth-order valence-electron chi connectivity index (χ4n) is 2.33. The van der Waals surface area contributed by atoms with Gasteiger partial charge in [0.2, 0.25) is 10.0 Å². The molecule has 0 aliphatic carbocycles. The van der Waals surface area contributed by atoms with Gasteiger partial charge in [0, 0.05) is 25.1 Å². The van der Waals surface area contributed by atoms with Crippen molar-refractivity contribution in [3.8, 4) is 0 Å². The van der Waals surface area contributed by atoms with E-state index < -0.39 is 10.0 Å². The maximum Gasteiger partial charge on any atom is 0.211 e. The van der Waals surface area contributed by atoms with Gasteiger partial charge >= 0.3 is 0 Å². The number of hydrogen-bond donors (Lipinski definition) is 0. The van der Waals surface area contributed by atoms with Gasteiger partial charge in [-0.1, -0.05) is 0 Å². The third-order valence-electron chi connectivity index (χ3n) is 3.33. The van der Waals surface area contributed by atoms with Crippen molar-refractivity contribution in [2.45, 2.75) is 19.3 Å². The number of carbonyl (C=O) groups is 1. The zero-order chi connectivity index (χ0) is 13.9. The van der Waals surface area contributed by atoms with Crippen LogP contribution in [0.3, 0.4) is 0 Å². The Morgan fingerprint density at radius 2 is 2.26 bits per heavy atom. The molecule has 0 radical (unpaired) electrons. The molecule has 1 aliphatic rings. The Morgan fingerprint density at radius 1 is 1.47 bits per heavy atom. The van der Waals surface area contributed by atoms with Gasteiger partial charge in [-0.15, -0.1) is 0 Å². The van der Waals surface area contributed by atoms with E-state index in [1.807, 2.05) is 0 Å². The van der Waals surface area contributed by atoms with Crippen LogP contribution in [0.15, 0.2) is 18.5 Å². The number of aromatic nitrogens is 2. The first-order chi connectivity index (χ1) is 8.97. The lowest BCUT2D eigenvalue weighted by Gasteiger charge is -2.30. The van der Waals surface area contributed by atoms with Crippen LogP contribution in [0.5, 0.6) is 0 Å². The first kappa shape index (κ1) is 14.1. The topological polar surface area (TPSA) is 80.2 Å². The van der Waals surface area contributed by atoms with E-state index in [0.717, 1.165) is 12.8 Å². The second-order valence-corrected chi connectivity index (χ2v) is 6.87. The summed E-state index contributed by atoms with van der Waals surface area (Å²) in [6.45, 7) is 0.990. The lowest BCUT2D eigenvalue weighted by molar-refractivity contribution is 0.0942. The summed E-state index contributed by atoms with van der Waals surface area (Å²) < 4.78 is 24.5. The summed E-state index contributed by atoms with van der Waals surface area (Å²) in [6.07, 6.45) is 6.19. The maximum atomic E-state index is 12.0. The van der Waals surface area contributed by atoms with Gasteiger partial charge in [0.25, 0.3) is 0 Å². The quantitative estimate of drug-likeness (QED) is 0.761. The van der Waals surface area contributed by atoms with Crippen molar-refractivity contribution >= 4 is 15.8 Å². The average Bonchev–Trinajstić information content (AvgIpc) is 2.39. The van der Waals surface area contributed by atoms with Gasteiger partial charge in [-0.05, 0) is 24.8 Å². The van der Waals surface area contributed by atoms with Crippen LogP contribution in [0, 0.1) is 5.92 Å². The predicted molar refractivity (Wildman–Crippen MR) is 70.1 cm³/mol. The van der Waals surface area contributed by atoms with Gasteiger partial charge in [-0.3, -0.25) is 4.79 Å². The van der Waals surface area contributed by atoms with Gasteiger partial charge in [-0.2, -0.15) is 10.2 Å². The normalized spacial score (nSPS) is 21.2. The molecule has 1 aromatic rings. The summed E-state index contributed by atoms with van der Waals surface area (Å²) in [5.74, 6) is 0.0828. The Hall–Kier alpha value is -1.34. The number of ketones is 1. The fraction of sp³-hybridized carbons (Fsp3) is 0.583. The smallest absolute Gasteiger partial charge is 0.211 e. The van der Waals surface area contributed by atoms with E-state index in [1.165, 1.54) is 23.0 Å². The molecule has 6 nitrogen and oxygen atoms in total. The number of Topliss-reactive ketones (excluding diaryl/α,β-unsaturated/α-hetero) is 1. The minimum atomic E-state index is -3.16. The third kappa shape index (κ3) is 3.81. The lowest BCUT2D eigenvalue weighted by atomic mass is 9.92. The predicted octanol–water partition coefficient (Wildman–Crippen LogP) is 0.721. The zero-order valence-electron chi connectivity index (χ0n) is 10.8. The van der Waals surface area contributed by atoms with Crippen LogP contribution in [-0.2, 0) is 10.0 Å². The van der Waals surface area contributed by atoms with Crippen LogP contribution in [-0.4, -0.2) is 48.0 Å². The molecule has 0 spiro atoms. The molecule has 104 valence electrons. The van der Waals surface area contributed by atoms with Crippen LogP contribution >= 0.6 is 0 Å². The van der Waals surface area contributed by atoms with Gasteiger partial charge in [0.05, 0.1) is 18.6 Å². The molecule has 1 fully saturated rings. The first-order valence-electron chi connectivity index (χ1n) is 6.22. The van der Waals surface area contributed by atoms with E-state index in [-0.39, 0.29) is 11.7 Å². The molecule has 1 atom stereocenters. The van der Waals surface area contributed by atoms with E-state index in [9.17, 15) is 13.2 Å². The summed E-state index contributed by atoms with van der Waals surface area (Å²) in [5.41, 5.74) is 0.534. The molecule has 0 bridgehead atoms. The van der Waals surface area contributed by atoms with Crippen molar-refractivity contribution in [1.82, 2.24) is 14.5 Å². The van der Waals surface area contributed by atoms with Gasteiger partial charge < -0.3 is 0 Å². The highest BCUT2D eigenvalue weighted by molar-refractivity contribution is 7.88. The molecular formula is C12H17N3O3S. The van der Waals surface area contributed by atoms with E-state index in [0.29, 0.717) is 25.1 Å². The number of carbonyl (C=O) groups excluding carboxylic acids is 1. The molecular weight excluding hydrogens is 266 g/mol. The highest BCUT2D eigenvalue weighted by Gasteiger charge is 2.27. The standard InChI is InChI=1S/C12H17N3O3S/c1-19(17,18)15-6-2-3-10(9-15)7-12(16)11-4-5-13-14-8-11/h4-5,8,10H,2-3,6-7,9H2,1H3. The van der Waals surface area contributed by atoms with Crippen LogP contribution in [0.25, 0.3) is 0 Å². The van der Waals surface area contributed by atoms with Crippen molar-refractivity contribution in [3.63, 3.8) is 0 Å². The summed E-state index contributed by atoms with van der Waals surface area (Å²) in [6, 6.07) is 1.63. The highest BCUT2D eigenvalue weighted by Crippen LogP contribution is 2.22. The molecule has 2 rings (SSSR count). The molecule has 0 aromatic carbocycles. The summed E-state index contributed by atoms with van der Waals surface area (Å²) in [4.78, 5) is 12.0. The fourth-order valence-corrected chi connectivity index (χ4v) is 3.27. The van der Waals surface area contributed by atoms with E-state index in [1.54, 1.807) is 6.07 Å². The van der Waals surface area contributed by atoms with Crippen molar-refractivity contribution < 1.29 is 13.2 Å². The number of hydrogen-bond acceptors (Lipinski definition) is 5. The van der Waals surface area contributed by atoms with Gasteiger partial charge in [0.1, 0.15) is 0 Å². The SMILES string of the molecule is CS(=O)(=O)N1CCCC(CC(=O)c2ccnnc2)C1. The maximum absolute atomic E-state index is 12.0. The number of sulfonamides is 1. The van der Waals surface area contributed by atoms with Crippen molar-refractivity contribution in [2.75, 3.05) is 19.3 Å². The third-order valence-corrected chi connectivity index (χ3v) is 4.60. The lowest BCUT2D eigenvalue weighted by Crippen LogP contribution is -2.39. The highest BCUT2D eigenvalue weighted by atomic mass is 32.2. The Bertz CT molecular complexity index is 545. The van der Waals surface area contributed by atoms with Crippen LogP contribution in [0.4, 0.5) is 0 Å². The molecule has 0 amide bonds. The molecule has 2 heterocycles. The van der Waals surface area contributed by atoms with Crippen LogP contribution < -0.4 is 0 Å². The van der Waals surface area contributed by atoms with Crippen molar-refractivity contribution in [3.05, 3.63) is 24.0 Å². The summed E-state index contributed by atoms with van der Waals surface area (Å²) in [7, 11) is -3.16. The number of piperidine rings is 1. The Kier molecular flexibility index (Phi) is 4.26. The van der Waals surface area contributed by atoms with Crippen molar-refractivity contribution in [2.24, 2.45) is 5.92 Å². The molecule has 1 aliphatic heterocycles. The Labute approximate surface area is 112 Å². The monoisotopic (exact) mass is 283 g/mol. The second-order valence-electron chi connectivity index (χ2n) is 4.89. The zero-order valence-corrected chi connectivity index (χ0v) is 11.6. The first-order valence-corrected chi connectivity index (χ1v) is 8.06. The minimum Gasteiger partial charge on any atom is -0.294 e. The summed E-state index contributed by atoms with van der Waals surface area (Å²) >= 11 is 0. The second kappa shape index (κ2) is 5.75. The molecule has 0 N–H and O–H groups in total. The number of rotatable bonds is 4. The largest absolute Gasteiger partial charge is 0.294 e. The Morgan fingerprint density at radius 3 is 2.89 bits per heavy atom. The molecule has 1 aromatic heterocycles. The molecule has 19 heavy (non-hydrogen) atoms. The van der Waals surface area contributed by atoms with Gasteiger partial charge in [-0.25, -0.2) is 12.7 Å². The van der Waals surface area contributed by atoms with E-state index >= 15 is 0 Å². The van der Waals surface area contributed by atoms with Gasteiger partial charge in [0.15, 0.2) is 5.78 Å². The summed E-state index contributed by atoms with van der Waals surface area (Å²) in [5, 5.41) is 7.31. The van der Waals surface area contributed by atoms with Crippen molar-refractivity contribution in [1.29, 1.82) is 0 Å². The van der Waals surface area contributed by atoms with Crippen LogP contribution in [0.1, 0.15) is 29.6 Å². The minimum absolute atomic E-state index is 0.00440. The van der Waals surface area contributed by atoms with Crippen LogP contribution in [0.2, 0.25) is 0 Å². The molecule has 1 saturated heterocycles. The van der Waals surface area contributed by atoms with E-state index in [2.05, 4.69) is 10.2 Å². The number of nitrogens with zero attached hydrogens (tertiary/aromatic N) is 3.